The van der Waals surface area contributed by atoms with Gasteiger partial charge in [-0.15, -0.1) is 0 Å². The molecule has 0 aliphatic heterocycles. The van der Waals surface area contributed by atoms with Gasteiger partial charge in [-0.25, -0.2) is 0 Å². The molecule has 0 unspecified atom stereocenters. The number of rotatable bonds is 4. The second-order valence-electron chi connectivity index (χ2n) is 7.03. The Balaban J connectivity index is 1.56. The molecular weight excluding hydrogens is 362 g/mol. The van der Waals surface area contributed by atoms with Crippen LogP contribution in [-0.4, -0.2) is 16.8 Å². The van der Waals surface area contributed by atoms with Crippen molar-refractivity contribution in [2.75, 3.05) is 10.6 Å². The molecule has 0 aliphatic carbocycles. The first-order chi connectivity index (χ1) is 14.0. The monoisotopic (exact) mass is 383 g/mol. The van der Waals surface area contributed by atoms with Crippen LogP contribution >= 0.6 is 0 Å². The van der Waals surface area contributed by atoms with Crippen LogP contribution in [-0.2, 0) is 0 Å². The molecule has 0 radical (unpaired) electrons. The summed E-state index contributed by atoms with van der Waals surface area (Å²) in [5.41, 5.74) is 5.07. The molecule has 5 heteroatoms. The molecule has 0 bridgehead atoms. The van der Waals surface area contributed by atoms with Gasteiger partial charge in [0, 0.05) is 27.8 Å². The largest absolute Gasteiger partial charge is 0.351 e. The molecule has 144 valence electrons. The highest BCUT2D eigenvalue weighted by Crippen LogP contribution is 2.22. The first-order valence-electron chi connectivity index (χ1n) is 9.38. The number of para-hydroxylation sites is 1. The molecule has 1 aromatic heterocycles. The number of aromatic nitrogens is 1. The Hall–Kier alpha value is -3.86. The van der Waals surface area contributed by atoms with Crippen molar-refractivity contribution in [3.05, 3.63) is 95.2 Å². The zero-order valence-corrected chi connectivity index (χ0v) is 16.2. The number of H-pyrrole nitrogens is 1. The number of aryl methyl sites for hydroxylation is 1. The topological polar surface area (TPSA) is 74.0 Å². The summed E-state index contributed by atoms with van der Waals surface area (Å²) in [6.45, 7) is 3.83. The van der Waals surface area contributed by atoms with Crippen LogP contribution in [0.25, 0.3) is 10.9 Å². The predicted octanol–water partition coefficient (Wildman–Crippen LogP) is 5.29. The van der Waals surface area contributed by atoms with E-state index in [2.05, 4.69) is 15.6 Å². The van der Waals surface area contributed by atoms with Gasteiger partial charge in [-0.2, -0.15) is 0 Å². The van der Waals surface area contributed by atoms with Crippen LogP contribution in [0.15, 0.2) is 72.8 Å². The van der Waals surface area contributed by atoms with Crippen molar-refractivity contribution in [2.24, 2.45) is 0 Å². The van der Waals surface area contributed by atoms with Crippen LogP contribution < -0.4 is 10.6 Å². The van der Waals surface area contributed by atoms with E-state index in [1.165, 1.54) is 0 Å². The molecule has 1 heterocycles. The van der Waals surface area contributed by atoms with E-state index in [0.29, 0.717) is 22.5 Å². The van der Waals surface area contributed by atoms with Crippen molar-refractivity contribution in [1.82, 2.24) is 4.98 Å². The van der Waals surface area contributed by atoms with Gasteiger partial charge in [0.1, 0.15) is 5.69 Å². The van der Waals surface area contributed by atoms with Gasteiger partial charge in [0.25, 0.3) is 11.8 Å². The van der Waals surface area contributed by atoms with Crippen LogP contribution in [0.2, 0.25) is 0 Å². The van der Waals surface area contributed by atoms with Crippen LogP contribution in [0.3, 0.4) is 0 Å². The van der Waals surface area contributed by atoms with Crippen LogP contribution in [0, 0.1) is 13.8 Å². The number of aromatic amines is 1. The van der Waals surface area contributed by atoms with Gasteiger partial charge in [-0.1, -0.05) is 36.4 Å². The molecule has 0 fully saturated rings. The molecule has 0 spiro atoms. The third-order valence-corrected chi connectivity index (χ3v) is 4.88. The van der Waals surface area contributed by atoms with Crippen molar-refractivity contribution in [1.29, 1.82) is 0 Å². The number of benzene rings is 3. The molecule has 29 heavy (non-hydrogen) atoms. The van der Waals surface area contributed by atoms with E-state index < -0.39 is 0 Å². The van der Waals surface area contributed by atoms with E-state index >= 15 is 0 Å². The van der Waals surface area contributed by atoms with Crippen molar-refractivity contribution in [3.8, 4) is 0 Å². The molecular formula is C24H21N3O2. The van der Waals surface area contributed by atoms with Crippen molar-refractivity contribution in [3.63, 3.8) is 0 Å². The summed E-state index contributed by atoms with van der Waals surface area (Å²) in [6, 6.07) is 22.4. The number of amides is 2. The first kappa shape index (κ1) is 18.5. The van der Waals surface area contributed by atoms with E-state index in [0.717, 1.165) is 22.2 Å². The Morgan fingerprint density at radius 1 is 0.793 bits per heavy atom. The number of hydrogen-bond acceptors (Lipinski definition) is 2. The van der Waals surface area contributed by atoms with Gasteiger partial charge in [-0.3, -0.25) is 9.59 Å². The lowest BCUT2D eigenvalue weighted by molar-refractivity contribution is 0.101. The number of nitrogens with one attached hydrogen (secondary N) is 3. The lowest BCUT2D eigenvalue weighted by Gasteiger charge is -2.12. The standard InChI is InChI=1S/C24H21N3O2/c1-15-11-12-17-14-22(26-21(17)13-15)24(29)27-20-10-6-9-19(16(20)2)23(28)25-18-7-4-3-5-8-18/h3-14,26H,1-2H3,(H,25,28)(H,27,29). The van der Waals surface area contributed by atoms with Crippen molar-refractivity contribution in [2.45, 2.75) is 13.8 Å². The zero-order valence-electron chi connectivity index (χ0n) is 16.2. The van der Waals surface area contributed by atoms with Crippen molar-refractivity contribution < 1.29 is 9.59 Å². The third kappa shape index (κ3) is 3.89. The Kier molecular flexibility index (Phi) is 4.87. The van der Waals surface area contributed by atoms with Crippen molar-refractivity contribution >= 4 is 34.1 Å². The average molecular weight is 383 g/mol. The SMILES string of the molecule is Cc1ccc2cc(C(=O)Nc3cccc(C(=O)Nc4ccccc4)c3C)[nH]c2c1. The van der Waals surface area contributed by atoms with E-state index in [-0.39, 0.29) is 11.8 Å². The average Bonchev–Trinajstić information content (AvgIpc) is 3.13. The molecule has 3 N–H and O–H groups in total. The van der Waals surface area contributed by atoms with Gasteiger partial charge in [0.15, 0.2) is 0 Å². The molecule has 4 rings (SSSR count). The van der Waals surface area contributed by atoms with Crippen LogP contribution in [0.4, 0.5) is 11.4 Å². The summed E-state index contributed by atoms with van der Waals surface area (Å²) < 4.78 is 0. The summed E-state index contributed by atoms with van der Waals surface area (Å²) in [5.74, 6) is -0.464. The van der Waals surface area contributed by atoms with Crippen LogP contribution in [0.5, 0.6) is 0 Å². The Bertz CT molecular complexity index is 1210. The Labute approximate surface area is 168 Å². The predicted molar refractivity (Wildman–Crippen MR) is 117 cm³/mol. The van der Waals surface area contributed by atoms with Gasteiger partial charge in [-0.05, 0) is 61.4 Å². The summed E-state index contributed by atoms with van der Waals surface area (Å²) in [5, 5.41) is 6.77. The fraction of sp³-hybridized carbons (Fsp3) is 0.0833. The smallest absolute Gasteiger partial charge is 0.272 e. The quantitative estimate of drug-likeness (QED) is 0.448. The Morgan fingerprint density at radius 2 is 1.59 bits per heavy atom. The number of carbonyl (C=O) groups excluding carboxylic acids is 2. The molecule has 0 atom stereocenters. The molecule has 5 nitrogen and oxygen atoms in total. The number of hydrogen-bond donors (Lipinski definition) is 3. The van der Waals surface area contributed by atoms with Gasteiger partial charge in [0.05, 0.1) is 0 Å². The summed E-state index contributed by atoms with van der Waals surface area (Å²) in [4.78, 5) is 28.6. The van der Waals surface area contributed by atoms with Gasteiger partial charge >= 0.3 is 0 Å². The maximum atomic E-state index is 12.8. The molecule has 0 saturated carbocycles. The van der Waals surface area contributed by atoms with E-state index in [4.69, 9.17) is 0 Å². The second-order valence-corrected chi connectivity index (χ2v) is 7.03. The third-order valence-electron chi connectivity index (χ3n) is 4.88. The Morgan fingerprint density at radius 3 is 2.38 bits per heavy atom. The normalized spacial score (nSPS) is 10.7. The molecule has 0 aliphatic rings. The zero-order chi connectivity index (χ0) is 20.4. The fourth-order valence-corrected chi connectivity index (χ4v) is 3.29. The maximum absolute atomic E-state index is 12.8. The molecule has 4 aromatic rings. The van der Waals surface area contributed by atoms with Gasteiger partial charge < -0.3 is 15.6 Å². The summed E-state index contributed by atoms with van der Waals surface area (Å²) in [7, 11) is 0. The minimum Gasteiger partial charge on any atom is -0.351 e. The minimum atomic E-state index is -0.248. The highest BCUT2D eigenvalue weighted by atomic mass is 16.2. The maximum Gasteiger partial charge on any atom is 0.272 e. The van der Waals surface area contributed by atoms with Gasteiger partial charge in [0.2, 0.25) is 0 Å². The second kappa shape index (κ2) is 7.64. The minimum absolute atomic E-state index is 0.217. The highest BCUT2D eigenvalue weighted by Gasteiger charge is 2.15. The van der Waals surface area contributed by atoms with E-state index in [1.54, 1.807) is 18.2 Å². The molecule has 0 saturated heterocycles. The highest BCUT2D eigenvalue weighted by molar-refractivity contribution is 6.09. The molecule has 2 amide bonds. The lowest BCUT2D eigenvalue weighted by atomic mass is 10.1. The van der Waals surface area contributed by atoms with Crippen LogP contribution in [0.1, 0.15) is 32.0 Å². The lowest BCUT2D eigenvalue weighted by Crippen LogP contribution is -2.17. The summed E-state index contributed by atoms with van der Waals surface area (Å²) >= 11 is 0. The first-order valence-corrected chi connectivity index (χ1v) is 9.38. The molecule has 3 aromatic carbocycles. The number of carbonyl (C=O) groups is 2. The van der Waals surface area contributed by atoms with E-state index in [1.807, 2.05) is 68.4 Å². The number of fused-ring (bicyclic) bond motifs is 1. The fourth-order valence-electron chi connectivity index (χ4n) is 3.29. The summed E-state index contributed by atoms with van der Waals surface area (Å²) in [6.07, 6.45) is 0. The van der Waals surface area contributed by atoms with E-state index in [9.17, 15) is 9.59 Å². The number of anilines is 2.